The van der Waals surface area contributed by atoms with Crippen LogP contribution in [-0.4, -0.2) is 80.3 Å². The van der Waals surface area contributed by atoms with Gasteiger partial charge in [0.2, 0.25) is 0 Å². The van der Waals surface area contributed by atoms with Crippen molar-refractivity contribution < 1.29 is 20.1 Å². The summed E-state index contributed by atoms with van der Waals surface area (Å²) in [7, 11) is 3.91. The Balaban J connectivity index is 1.35. The van der Waals surface area contributed by atoms with Gasteiger partial charge in [-0.05, 0) is 87.6 Å². The van der Waals surface area contributed by atoms with Gasteiger partial charge < -0.3 is 25.0 Å². The number of aromatic nitrogens is 2. The van der Waals surface area contributed by atoms with Crippen LogP contribution >= 0.6 is 0 Å². The lowest BCUT2D eigenvalue weighted by atomic mass is 9.65. The minimum Gasteiger partial charge on any atom is -0.393 e. The average molecular weight is 494 g/mol. The summed E-state index contributed by atoms with van der Waals surface area (Å²) in [5, 5.41) is 34.4. The fraction of sp³-hybridized carbons (Fsp3) is 0.655. The van der Waals surface area contributed by atoms with Gasteiger partial charge in [-0.15, -0.1) is 0 Å². The highest BCUT2D eigenvalue weighted by Gasteiger charge is 2.60. The second-order valence-electron chi connectivity index (χ2n) is 12.2. The molecule has 194 valence electrons. The van der Waals surface area contributed by atoms with Crippen LogP contribution in [0.2, 0.25) is 0 Å². The van der Waals surface area contributed by atoms with E-state index in [2.05, 4.69) is 41.2 Å². The van der Waals surface area contributed by atoms with Crippen molar-refractivity contribution in [3.05, 3.63) is 42.4 Å². The highest BCUT2D eigenvalue weighted by molar-refractivity contribution is 5.84. The van der Waals surface area contributed by atoms with Crippen LogP contribution in [-0.2, 0) is 4.74 Å². The lowest BCUT2D eigenvalue weighted by molar-refractivity contribution is -0.208. The molecule has 0 amide bonds. The monoisotopic (exact) mass is 493 g/mol. The van der Waals surface area contributed by atoms with Crippen molar-refractivity contribution in [3.8, 4) is 0 Å². The molecule has 7 nitrogen and oxygen atoms in total. The molecule has 1 aromatic heterocycles. The maximum atomic E-state index is 11.2. The maximum absolute atomic E-state index is 11.2. The Labute approximate surface area is 213 Å². The van der Waals surface area contributed by atoms with E-state index in [9.17, 15) is 15.3 Å². The first-order chi connectivity index (χ1) is 17.2. The third-order valence-electron chi connectivity index (χ3n) is 10.1. The van der Waals surface area contributed by atoms with E-state index in [-0.39, 0.29) is 23.5 Å². The predicted molar refractivity (Wildman–Crippen MR) is 138 cm³/mol. The van der Waals surface area contributed by atoms with Crippen LogP contribution in [0.3, 0.4) is 0 Å². The fourth-order valence-electron chi connectivity index (χ4n) is 8.04. The fourth-order valence-corrected chi connectivity index (χ4v) is 8.04. The van der Waals surface area contributed by atoms with Crippen molar-refractivity contribution in [1.29, 1.82) is 0 Å². The van der Waals surface area contributed by atoms with Crippen LogP contribution in [0.15, 0.2) is 36.8 Å². The Morgan fingerprint density at radius 3 is 2.69 bits per heavy atom. The minimum absolute atomic E-state index is 0.0922. The Kier molecular flexibility index (Phi) is 6.00. The molecule has 7 heteroatoms. The summed E-state index contributed by atoms with van der Waals surface area (Å²) in [6, 6.07) is 6.27. The molecule has 3 fully saturated rings. The van der Waals surface area contributed by atoms with Gasteiger partial charge in [-0.25, -0.2) is 9.97 Å². The standard InChI is InChI=1S/C29H39N3O4/c1-28-10-8-19(33)13-22-26(34)27(35)24(32(2)3)14-29(22)11-9-25(36-29)21(28)7-6-20(28)17-4-5-18-15-30-16-31-23(18)12-17/h4-6,12,15-16,19,21-22,24-27,33-35H,7-11,13-14H2,1-3H3. The van der Waals surface area contributed by atoms with E-state index >= 15 is 0 Å². The van der Waals surface area contributed by atoms with E-state index < -0.39 is 23.9 Å². The van der Waals surface area contributed by atoms with Crippen LogP contribution in [0.4, 0.5) is 0 Å². The van der Waals surface area contributed by atoms with E-state index in [0.29, 0.717) is 25.2 Å². The van der Waals surface area contributed by atoms with E-state index in [1.165, 1.54) is 11.1 Å². The van der Waals surface area contributed by atoms with Gasteiger partial charge in [0.1, 0.15) is 6.33 Å². The van der Waals surface area contributed by atoms with Crippen LogP contribution in [0.25, 0.3) is 16.5 Å². The van der Waals surface area contributed by atoms with Gasteiger partial charge in [0.15, 0.2) is 0 Å². The summed E-state index contributed by atoms with van der Waals surface area (Å²) in [6.07, 6.45) is 9.03. The SMILES string of the molecule is CN(C)C1CC23CCC(O2)C2CC=C(c4ccc5cncnc5c4)C2(C)CCC(O)CC3C(O)C1O. The van der Waals surface area contributed by atoms with Crippen molar-refractivity contribution >= 4 is 16.5 Å². The van der Waals surface area contributed by atoms with Crippen molar-refractivity contribution in [2.45, 2.75) is 87.9 Å². The van der Waals surface area contributed by atoms with Gasteiger partial charge >= 0.3 is 0 Å². The van der Waals surface area contributed by atoms with E-state index in [4.69, 9.17) is 4.74 Å². The molecule has 4 aliphatic rings. The smallest absolute Gasteiger partial charge is 0.116 e. The van der Waals surface area contributed by atoms with Crippen LogP contribution in [0.5, 0.6) is 0 Å². The number of ether oxygens (including phenoxy) is 1. The van der Waals surface area contributed by atoms with Crippen LogP contribution in [0, 0.1) is 17.3 Å². The molecule has 36 heavy (non-hydrogen) atoms. The van der Waals surface area contributed by atoms with Crippen LogP contribution in [0.1, 0.15) is 57.4 Å². The van der Waals surface area contributed by atoms with Crippen molar-refractivity contribution in [2.75, 3.05) is 14.1 Å². The summed E-state index contributed by atoms with van der Waals surface area (Å²) in [5.41, 5.74) is 2.82. The van der Waals surface area contributed by atoms with Crippen molar-refractivity contribution in [3.63, 3.8) is 0 Å². The summed E-state index contributed by atoms with van der Waals surface area (Å²) >= 11 is 0. The molecule has 2 bridgehead atoms. The lowest BCUT2D eigenvalue weighted by Gasteiger charge is -2.52. The number of allylic oxidation sites excluding steroid dienone is 2. The molecule has 2 aromatic rings. The molecule has 9 unspecified atom stereocenters. The number of nitrogens with zero attached hydrogens (tertiary/aromatic N) is 3. The summed E-state index contributed by atoms with van der Waals surface area (Å²) in [5.74, 6) is 0.0442. The number of rotatable bonds is 2. The molecule has 2 saturated heterocycles. The Morgan fingerprint density at radius 2 is 1.89 bits per heavy atom. The molecule has 9 atom stereocenters. The second kappa shape index (κ2) is 8.84. The molecule has 3 heterocycles. The summed E-state index contributed by atoms with van der Waals surface area (Å²) in [4.78, 5) is 10.6. The average Bonchev–Trinajstić information content (AvgIpc) is 3.43. The third-order valence-corrected chi connectivity index (χ3v) is 10.1. The molecule has 1 spiro atoms. The van der Waals surface area contributed by atoms with Crippen molar-refractivity contribution in [1.82, 2.24) is 14.9 Å². The zero-order valence-corrected chi connectivity index (χ0v) is 21.5. The minimum atomic E-state index is -0.901. The van der Waals surface area contributed by atoms with E-state index in [1.54, 1.807) is 6.33 Å². The van der Waals surface area contributed by atoms with Gasteiger partial charge in [-0.3, -0.25) is 0 Å². The molecule has 2 aliphatic carbocycles. The zero-order chi connectivity index (χ0) is 25.2. The number of hydrogen-bond donors (Lipinski definition) is 3. The first-order valence-electron chi connectivity index (χ1n) is 13.5. The number of likely N-dealkylation sites (N-methyl/N-ethyl adjacent to an activating group) is 1. The number of fused-ring (bicyclic) bond motifs is 4. The maximum Gasteiger partial charge on any atom is 0.116 e. The van der Waals surface area contributed by atoms with Gasteiger partial charge in [0.05, 0.1) is 35.5 Å². The van der Waals surface area contributed by atoms with Gasteiger partial charge in [0, 0.05) is 23.5 Å². The number of aliphatic hydroxyl groups is 3. The molecule has 1 aromatic carbocycles. The Bertz CT molecular complexity index is 1170. The second-order valence-corrected chi connectivity index (χ2v) is 12.2. The largest absolute Gasteiger partial charge is 0.393 e. The summed E-state index contributed by atoms with van der Waals surface area (Å²) < 4.78 is 7.05. The quantitative estimate of drug-likeness (QED) is 0.591. The summed E-state index contributed by atoms with van der Waals surface area (Å²) in [6.45, 7) is 2.35. The van der Waals surface area contributed by atoms with Gasteiger partial charge in [-0.2, -0.15) is 0 Å². The number of hydrogen-bond acceptors (Lipinski definition) is 7. The number of benzene rings is 1. The number of aliphatic hydroxyl groups excluding tert-OH is 3. The van der Waals surface area contributed by atoms with E-state index in [1.807, 2.05) is 25.2 Å². The first-order valence-corrected chi connectivity index (χ1v) is 13.5. The Hall–Kier alpha value is -1.90. The van der Waals surface area contributed by atoms with E-state index in [0.717, 1.165) is 36.6 Å². The normalized spacial score (nSPS) is 42.8. The molecule has 2 aliphatic heterocycles. The first kappa shape index (κ1) is 24.4. The Morgan fingerprint density at radius 1 is 1.06 bits per heavy atom. The zero-order valence-electron chi connectivity index (χ0n) is 21.5. The third kappa shape index (κ3) is 3.74. The van der Waals surface area contributed by atoms with Crippen LogP contribution < -0.4 is 0 Å². The van der Waals surface area contributed by atoms with Gasteiger partial charge in [0.25, 0.3) is 0 Å². The molecule has 1 saturated carbocycles. The molecule has 3 N–H and O–H groups in total. The molecular formula is C29H39N3O4. The van der Waals surface area contributed by atoms with Crippen molar-refractivity contribution in [2.24, 2.45) is 17.3 Å². The topological polar surface area (TPSA) is 98.9 Å². The van der Waals surface area contributed by atoms with Gasteiger partial charge in [-0.1, -0.05) is 25.1 Å². The molecular weight excluding hydrogens is 454 g/mol. The molecule has 6 rings (SSSR count). The highest BCUT2D eigenvalue weighted by atomic mass is 16.5. The molecule has 0 radical (unpaired) electrons. The lowest BCUT2D eigenvalue weighted by Crippen LogP contribution is -2.63. The predicted octanol–water partition coefficient (Wildman–Crippen LogP) is 3.17. The highest BCUT2D eigenvalue weighted by Crippen LogP contribution is 2.59.